The van der Waals surface area contributed by atoms with Gasteiger partial charge in [-0.05, 0) is 43.0 Å². The van der Waals surface area contributed by atoms with Crippen molar-refractivity contribution in [3.63, 3.8) is 0 Å². The summed E-state index contributed by atoms with van der Waals surface area (Å²) in [5, 5.41) is 28.8. The van der Waals surface area contributed by atoms with Crippen molar-refractivity contribution < 1.29 is 19.7 Å². The van der Waals surface area contributed by atoms with Crippen LogP contribution < -0.4 is 5.32 Å². The Balaban J connectivity index is 1.54. The van der Waals surface area contributed by atoms with Gasteiger partial charge in [-0.2, -0.15) is 5.10 Å². The smallest absolute Gasteiger partial charge is 0.404 e. The van der Waals surface area contributed by atoms with Crippen LogP contribution in [0, 0.1) is 5.41 Å². The van der Waals surface area contributed by atoms with E-state index in [1.807, 2.05) is 18.2 Å². The molecule has 3 N–H and O–H groups in total. The van der Waals surface area contributed by atoms with E-state index < -0.39 is 17.1 Å². The Morgan fingerprint density at radius 3 is 2.50 bits per heavy atom. The van der Waals surface area contributed by atoms with Crippen molar-refractivity contribution in [1.29, 1.82) is 0 Å². The van der Waals surface area contributed by atoms with Gasteiger partial charge in [0.25, 0.3) is 0 Å². The van der Waals surface area contributed by atoms with E-state index in [-0.39, 0.29) is 12.5 Å². The van der Waals surface area contributed by atoms with Gasteiger partial charge in [0.15, 0.2) is 5.82 Å². The fourth-order valence-electron chi connectivity index (χ4n) is 6.27. The highest BCUT2D eigenvalue weighted by Gasteiger charge is 2.55. The summed E-state index contributed by atoms with van der Waals surface area (Å²) < 4.78 is 7.35. The van der Waals surface area contributed by atoms with E-state index in [9.17, 15) is 9.90 Å². The number of pyridine rings is 1. The van der Waals surface area contributed by atoms with Crippen molar-refractivity contribution in [2.45, 2.75) is 57.6 Å². The van der Waals surface area contributed by atoms with Crippen molar-refractivity contribution in [2.75, 3.05) is 39.9 Å². The Morgan fingerprint density at radius 1 is 1.18 bits per heavy atom. The zero-order chi connectivity index (χ0) is 28.5. The quantitative estimate of drug-likeness (QED) is 0.369. The second-order valence-corrected chi connectivity index (χ2v) is 11.8. The number of nitrogens with one attached hydrogen (secondary N) is 1. The maximum Gasteiger partial charge on any atom is 0.404 e. The third-order valence-corrected chi connectivity index (χ3v) is 8.41. The van der Waals surface area contributed by atoms with Gasteiger partial charge in [-0.15, -0.1) is 0 Å². The number of ether oxygens (including phenoxy) is 1. The Bertz CT molecular complexity index is 1330. The molecule has 4 heterocycles. The van der Waals surface area contributed by atoms with Gasteiger partial charge in [0.05, 0.1) is 6.54 Å². The average Bonchev–Trinajstić information content (AvgIpc) is 3.36. The maximum atomic E-state index is 12.6. The Labute approximate surface area is 235 Å². The van der Waals surface area contributed by atoms with Crippen LogP contribution in [0.1, 0.15) is 68.0 Å². The van der Waals surface area contributed by atoms with E-state index in [0.717, 1.165) is 37.3 Å². The normalized spacial score (nSPS) is 19.2. The molecule has 2 saturated heterocycles. The largest absolute Gasteiger partial charge is 0.465 e. The predicted molar refractivity (Wildman–Crippen MR) is 151 cm³/mol. The zero-order valence-electron chi connectivity index (χ0n) is 23.8. The predicted octanol–water partition coefficient (Wildman–Crippen LogP) is 3.81. The molecule has 10 heteroatoms. The van der Waals surface area contributed by atoms with Crippen LogP contribution in [0.25, 0.3) is 11.4 Å². The van der Waals surface area contributed by atoms with E-state index in [2.05, 4.69) is 55.2 Å². The second kappa shape index (κ2) is 11.3. The molecule has 5 rings (SSSR count). The first-order chi connectivity index (χ1) is 19.1. The van der Waals surface area contributed by atoms with Crippen LogP contribution in [0.3, 0.4) is 0 Å². The second-order valence-electron chi connectivity index (χ2n) is 11.8. The molecule has 1 atom stereocenters. The number of benzene rings is 1. The molecule has 0 bridgehead atoms. The first-order valence-corrected chi connectivity index (χ1v) is 14.1. The topological polar surface area (TPSA) is 126 Å². The minimum Gasteiger partial charge on any atom is -0.465 e. The maximum absolute atomic E-state index is 12.6. The fourth-order valence-corrected chi connectivity index (χ4v) is 6.27. The molecule has 0 radical (unpaired) electrons. The van der Waals surface area contributed by atoms with E-state index >= 15 is 0 Å². The molecule has 214 valence electrons. The van der Waals surface area contributed by atoms with Crippen LogP contribution in [0.15, 0.2) is 42.7 Å². The monoisotopic (exact) mass is 548 g/mol. The summed E-state index contributed by atoms with van der Waals surface area (Å²) in [5.74, 6) is 1.91. The third kappa shape index (κ3) is 5.35. The number of rotatable bonds is 9. The lowest BCUT2D eigenvalue weighted by Gasteiger charge is -2.55. The highest BCUT2D eigenvalue weighted by molar-refractivity contribution is 5.64. The van der Waals surface area contributed by atoms with E-state index in [1.165, 1.54) is 5.56 Å². The summed E-state index contributed by atoms with van der Waals surface area (Å²) in [4.78, 5) is 22.7. The van der Waals surface area contributed by atoms with Gasteiger partial charge >= 0.3 is 6.09 Å². The Kier molecular flexibility index (Phi) is 7.94. The van der Waals surface area contributed by atoms with Gasteiger partial charge in [0, 0.05) is 67.7 Å². The summed E-state index contributed by atoms with van der Waals surface area (Å²) in [5.41, 5.74) is 1.80. The molecule has 2 fully saturated rings. The summed E-state index contributed by atoms with van der Waals surface area (Å²) in [6.45, 7) is 9.86. The van der Waals surface area contributed by atoms with Crippen LogP contribution in [-0.2, 0) is 16.9 Å². The van der Waals surface area contributed by atoms with Crippen molar-refractivity contribution in [3.8, 4) is 11.4 Å². The van der Waals surface area contributed by atoms with Crippen molar-refractivity contribution in [1.82, 2.24) is 30.0 Å². The zero-order valence-corrected chi connectivity index (χ0v) is 23.8. The molecule has 0 saturated carbocycles. The van der Waals surface area contributed by atoms with E-state index in [1.54, 1.807) is 17.1 Å². The minimum absolute atomic E-state index is 0.178. The van der Waals surface area contributed by atoms with Crippen LogP contribution in [0.4, 0.5) is 4.79 Å². The molecule has 1 amide bonds. The molecule has 2 aliphatic heterocycles. The number of hydrogen-bond donors (Lipinski definition) is 3. The number of aliphatic hydroxyl groups is 1. The van der Waals surface area contributed by atoms with Gasteiger partial charge in [-0.3, -0.25) is 4.98 Å². The fraction of sp³-hybridized carbons (Fsp3) is 0.533. The number of carboxylic acid groups (broad SMARTS) is 1. The summed E-state index contributed by atoms with van der Waals surface area (Å²) >= 11 is 0. The summed E-state index contributed by atoms with van der Waals surface area (Å²) in [6, 6.07) is 10.2. The molecule has 0 aliphatic carbocycles. The Hall–Kier alpha value is -3.34. The molecule has 3 aromatic rings. The van der Waals surface area contributed by atoms with Gasteiger partial charge in [0.1, 0.15) is 11.4 Å². The number of aromatic nitrogens is 4. The van der Waals surface area contributed by atoms with Gasteiger partial charge in [-0.25, -0.2) is 14.5 Å². The first kappa shape index (κ1) is 28.2. The van der Waals surface area contributed by atoms with Crippen LogP contribution in [-0.4, -0.2) is 80.9 Å². The summed E-state index contributed by atoms with van der Waals surface area (Å²) in [6.07, 6.45) is 4.07. The SMILES string of the molecule is CC(C)c1ccc([C@](O)(c2cncc(-c3nc(C4CCOCC4)n(CCNC(=O)O)n3)c2)C2(C)CN(C)C2)cc1. The van der Waals surface area contributed by atoms with Crippen LogP contribution in [0.5, 0.6) is 0 Å². The molecule has 2 aliphatic rings. The lowest BCUT2D eigenvalue weighted by molar-refractivity contribution is -0.127. The van der Waals surface area contributed by atoms with Crippen LogP contribution >= 0.6 is 0 Å². The third-order valence-electron chi connectivity index (χ3n) is 8.41. The molecule has 1 aromatic carbocycles. The summed E-state index contributed by atoms with van der Waals surface area (Å²) in [7, 11) is 2.06. The molecular formula is C30H40N6O4. The number of carbonyl (C=O) groups is 1. The van der Waals surface area contributed by atoms with Crippen molar-refractivity contribution in [3.05, 3.63) is 65.2 Å². The average molecular weight is 549 g/mol. The highest BCUT2D eigenvalue weighted by Crippen LogP contribution is 2.50. The molecule has 40 heavy (non-hydrogen) atoms. The van der Waals surface area contributed by atoms with Gasteiger partial charge in [-0.1, -0.05) is 45.0 Å². The van der Waals surface area contributed by atoms with E-state index in [4.69, 9.17) is 19.9 Å². The lowest BCUT2D eigenvalue weighted by Crippen LogP contribution is -2.63. The number of nitrogens with zero attached hydrogens (tertiary/aromatic N) is 5. The Morgan fingerprint density at radius 2 is 1.88 bits per heavy atom. The van der Waals surface area contributed by atoms with Crippen molar-refractivity contribution >= 4 is 6.09 Å². The standard InChI is InChI=1S/C30H40N6O4/c1-20(2)21-5-7-24(8-6-21)30(39,29(3)18-35(4)19-29)25-15-23(16-31-17-25)26-33-27(22-9-13-40-14-10-22)36(34-26)12-11-32-28(37)38/h5-8,15-17,20,22,32,39H,9-14,18-19H2,1-4H3,(H,37,38)/t30-/m0/s1. The van der Waals surface area contributed by atoms with Gasteiger partial charge < -0.3 is 25.2 Å². The van der Waals surface area contributed by atoms with E-state index in [0.29, 0.717) is 42.6 Å². The molecule has 2 aromatic heterocycles. The van der Waals surface area contributed by atoms with Crippen molar-refractivity contribution in [2.24, 2.45) is 5.41 Å². The molecule has 10 nitrogen and oxygen atoms in total. The molecular weight excluding hydrogens is 508 g/mol. The lowest BCUT2D eigenvalue weighted by atomic mass is 9.62. The highest BCUT2D eigenvalue weighted by atomic mass is 16.5. The number of amides is 1. The minimum atomic E-state index is -1.27. The number of likely N-dealkylation sites (tertiary alicyclic amines) is 1. The number of hydrogen-bond acceptors (Lipinski definition) is 7. The molecule has 0 spiro atoms. The van der Waals surface area contributed by atoms with Gasteiger partial charge in [0.2, 0.25) is 0 Å². The van der Waals surface area contributed by atoms with Crippen LogP contribution in [0.2, 0.25) is 0 Å². The molecule has 0 unspecified atom stereocenters. The first-order valence-electron chi connectivity index (χ1n) is 14.1.